The number of rotatable bonds is 18. The van der Waals surface area contributed by atoms with Crippen LogP contribution in [0, 0.1) is 23.2 Å². The summed E-state index contributed by atoms with van der Waals surface area (Å²) in [5, 5.41) is 0. The molecule has 5 aromatic rings. The molecule has 3 saturated heterocycles. The molecular weight excluding hydrogens is 1480 g/mol. The van der Waals surface area contributed by atoms with Gasteiger partial charge in [0.1, 0.15) is 22.9 Å². The number of halogens is 15. The number of carbonyl (C=O) groups excluding carboxylic acids is 3. The van der Waals surface area contributed by atoms with E-state index in [1.807, 2.05) is 0 Å². The summed E-state index contributed by atoms with van der Waals surface area (Å²) in [6.45, 7) is 5.56. The predicted molar refractivity (Wildman–Crippen MR) is 340 cm³/mol. The Morgan fingerprint density at radius 2 is 0.885 bits per heavy atom. The molecule has 3 saturated carbocycles. The third-order valence-corrected chi connectivity index (χ3v) is 23.1. The number of amides is 3. The van der Waals surface area contributed by atoms with Crippen molar-refractivity contribution in [2.24, 2.45) is 28.2 Å². The van der Waals surface area contributed by atoms with Crippen molar-refractivity contribution in [2.45, 2.75) is 147 Å². The van der Waals surface area contributed by atoms with Crippen molar-refractivity contribution in [3.8, 4) is 17.2 Å². The lowest BCUT2D eigenvalue weighted by Gasteiger charge is -2.25. The van der Waals surface area contributed by atoms with Crippen LogP contribution in [0.4, 0.5) is 65.9 Å². The number of carbonyl (C=O) groups is 3. The van der Waals surface area contributed by atoms with Crippen molar-refractivity contribution < 1.29 is 124 Å². The van der Waals surface area contributed by atoms with E-state index in [1.165, 1.54) is 39.1 Å². The second-order valence-corrected chi connectivity index (χ2v) is 33.9. The highest BCUT2D eigenvalue weighted by atomic mass is 32.2. The third-order valence-electron chi connectivity index (χ3n) is 19.8. The molecule has 0 bridgehead atoms. The molecule has 0 radical (unpaired) electrons. The lowest BCUT2D eigenvalue weighted by Crippen LogP contribution is -2.37. The first kappa shape index (κ1) is 78.6. The van der Waals surface area contributed by atoms with Crippen LogP contribution in [0.15, 0.2) is 111 Å². The Morgan fingerprint density at radius 3 is 1.26 bits per heavy atom. The van der Waals surface area contributed by atoms with Crippen LogP contribution in [0.1, 0.15) is 114 Å². The first-order valence-electron chi connectivity index (χ1n) is 32.0. The topological polar surface area (TPSA) is 238 Å². The van der Waals surface area contributed by atoms with Crippen molar-refractivity contribution >= 4 is 53.1 Å². The monoisotopic (exact) mass is 1550 g/mol. The number of likely N-dealkylation sites (tertiary alicyclic amines) is 3. The van der Waals surface area contributed by atoms with Crippen LogP contribution in [0.2, 0.25) is 0 Å². The fourth-order valence-electron chi connectivity index (χ4n) is 13.1. The Morgan fingerprint density at radius 1 is 0.510 bits per heavy atom. The first-order chi connectivity index (χ1) is 47.6. The molecule has 568 valence electrons. The summed E-state index contributed by atoms with van der Waals surface area (Å²) in [6.07, 6.45) is -14.0. The Labute approximate surface area is 587 Å². The van der Waals surface area contributed by atoms with Crippen molar-refractivity contribution in [1.29, 1.82) is 0 Å². The number of aromatic nitrogens is 2. The van der Waals surface area contributed by atoms with Crippen LogP contribution in [0.3, 0.4) is 0 Å². The molecule has 7 aliphatic rings. The number of alkyl halides is 15. The summed E-state index contributed by atoms with van der Waals surface area (Å²) in [4.78, 5) is 55.1. The molecular formula is C67H69F15N6O13S3. The van der Waals surface area contributed by atoms with Crippen molar-refractivity contribution in [3.63, 3.8) is 0 Å². The number of sulfone groups is 3. The summed E-state index contributed by atoms with van der Waals surface area (Å²) in [5.74, 6) is -12.7. The van der Waals surface area contributed by atoms with E-state index in [9.17, 15) is 105 Å². The normalized spacial score (nSPS) is 24.6. The van der Waals surface area contributed by atoms with Gasteiger partial charge in [0.2, 0.25) is 6.10 Å². The molecule has 37 heteroatoms. The first-order valence-corrected chi connectivity index (χ1v) is 37.6. The number of benzene rings is 3. The molecule has 19 nitrogen and oxygen atoms in total. The second-order valence-electron chi connectivity index (χ2n) is 27.8. The van der Waals surface area contributed by atoms with Crippen LogP contribution in [-0.4, -0.2) is 186 Å². The zero-order valence-electron chi connectivity index (χ0n) is 56.7. The molecule has 3 aromatic carbocycles. The van der Waals surface area contributed by atoms with Gasteiger partial charge in [-0.15, -0.1) is 0 Å². The summed E-state index contributed by atoms with van der Waals surface area (Å²) in [5.41, 5.74) is -4.20. The molecule has 2 aromatic heterocycles. The second kappa shape index (κ2) is 26.8. The molecule has 0 N–H and O–H groups in total. The largest absolute Gasteiger partial charge is 0.484 e. The minimum atomic E-state index is -4.61. The van der Waals surface area contributed by atoms with Gasteiger partial charge in [-0.2, -0.15) is 39.5 Å². The minimum absolute atomic E-state index is 0.0158. The number of pyridine rings is 2. The van der Waals surface area contributed by atoms with Gasteiger partial charge in [0.05, 0.1) is 48.9 Å². The van der Waals surface area contributed by atoms with E-state index < -0.39 is 142 Å². The highest BCUT2D eigenvalue weighted by Crippen LogP contribution is 2.62. The van der Waals surface area contributed by atoms with Gasteiger partial charge in [0, 0.05) is 108 Å². The quantitative estimate of drug-likeness (QED) is 0.0741. The maximum absolute atomic E-state index is 13.7. The minimum Gasteiger partial charge on any atom is -0.484 e. The molecule has 104 heavy (non-hydrogen) atoms. The standard InChI is InChI=1S/2C23H23F5N2O4S.C21H23F5N2O5S/c1-13(21(2,24)25)34-19-5-4-17(35(3,32)33)7-18(19)20(31)30-11-16-8-22(16,12-30)14-6-15(10-29-9-14)23(26,27)28;1-13(21(2,24)25)34-17-8-7-15(35(3,32)33)9-16(17)20(31)30-11-14-10-22(14,12-30)18-5-4-6-19(29-18)23(26,27)28;1-11(19(2,22)23)32-15-5-4-13(34(3,30)31)6-14(15)17(29)28-9-12-7-20(12,10-28)18-27-8-16(33-18)21(24,25)26/h4-7,9-10,13,16H,8,11-12H2,1-3H3;4-9,13-14H,10-12H2,1-3H3;4-6,11-12,16H,7-10H2,1-3H3. The van der Waals surface area contributed by atoms with Gasteiger partial charge >= 0.3 is 18.5 Å². The number of hydrogen-bond acceptors (Lipinski definition) is 16. The van der Waals surface area contributed by atoms with E-state index >= 15 is 0 Å². The van der Waals surface area contributed by atoms with E-state index in [0.29, 0.717) is 45.6 Å². The van der Waals surface area contributed by atoms with Crippen molar-refractivity contribution in [1.82, 2.24) is 24.7 Å². The van der Waals surface area contributed by atoms with Gasteiger partial charge < -0.3 is 33.6 Å². The number of nitrogens with zero attached hydrogens (tertiary/aromatic N) is 6. The smallest absolute Gasteiger partial charge is 0.433 e. The van der Waals surface area contributed by atoms with E-state index in [2.05, 4.69) is 15.0 Å². The fourth-order valence-corrected chi connectivity index (χ4v) is 15.0. The summed E-state index contributed by atoms with van der Waals surface area (Å²) in [6, 6.07) is 14.8. The van der Waals surface area contributed by atoms with E-state index in [0.717, 1.165) is 106 Å². The number of fused-ring (bicyclic) bond motifs is 3. The molecule has 3 aliphatic carbocycles. The van der Waals surface area contributed by atoms with Gasteiger partial charge in [-0.05, 0) is 136 Å². The highest BCUT2D eigenvalue weighted by Gasteiger charge is 2.68. The summed E-state index contributed by atoms with van der Waals surface area (Å²) >= 11 is 0. The average molecular weight is 1550 g/mol. The molecule has 4 aliphatic heterocycles. The van der Waals surface area contributed by atoms with Gasteiger partial charge in [-0.1, -0.05) is 6.07 Å². The maximum Gasteiger partial charge on any atom is 0.433 e. The Bertz CT molecular complexity index is 4410. The van der Waals surface area contributed by atoms with Crippen LogP contribution < -0.4 is 14.2 Å². The Kier molecular flexibility index (Phi) is 20.3. The van der Waals surface area contributed by atoms with Crippen LogP contribution in [0.5, 0.6) is 17.2 Å². The zero-order valence-corrected chi connectivity index (χ0v) is 59.1. The summed E-state index contributed by atoms with van der Waals surface area (Å²) in [7, 11) is -11.2. The molecule has 10 atom stereocenters. The van der Waals surface area contributed by atoms with E-state index in [1.54, 1.807) is 0 Å². The van der Waals surface area contributed by atoms with Gasteiger partial charge in [-0.25, -0.2) is 56.6 Å². The Balaban J connectivity index is 0.000000167. The van der Waals surface area contributed by atoms with Crippen LogP contribution in [-0.2, 0) is 57.4 Å². The third kappa shape index (κ3) is 16.5. The molecule has 6 fully saturated rings. The predicted octanol–water partition coefficient (Wildman–Crippen LogP) is 12.0. The number of hydrogen-bond donors (Lipinski definition) is 0. The maximum atomic E-state index is 13.7. The fraction of sp³-hybridized carbons (Fsp3) is 0.522. The van der Waals surface area contributed by atoms with Crippen LogP contribution >= 0.6 is 0 Å². The number of piperidine rings is 3. The lowest BCUT2D eigenvalue weighted by molar-refractivity contribution is -0.191. The molecule has 10 unspecified atom stereocenters. The summed E-state index contributed by atoms with van der Waals surface area (Å²) < 4.78 is 293. The lowest BCUT2D eigenvalue weighted by atomic mass is 9.95. The number of aliphatic imine (C=N–C) groups is 1. The zero-order chi connectivity index (χ0) is 77.2. The molecule has 0 spiro atoms. The van der Waals surface area contributed by atoms with Crippen molar-refractivity contribution in [2.75, 3.05) is 64.6 Å². The number of ether oxygens (including phenoxy) is 4. The average Bonchev–Trinajstić information content (AvgIpc) is 1.57. The SMILES string of the molecule is CC(Oc1ccc(S(C)(=O)=O)cc1C(=O)N1CC2CC2(C2=NCC(C(F)(F)F)O2)C1)C(C)(F)F.CC(Oc1ccc(S(C)(=O)=O)cc1C(=O)N1CC2CC2(c2cccc(C(F)(F)F)n2)C1)C(C)(F)F.CC(Oc1ccc(S(C)(=O)=O)cc1C(=O)N1CC2CC2(c2cncc(C(F)(F)F)c2)C1)C(C)(F)F. The molecule has 12 rings (SSSR count). The van der Waals surface area contributed by atoms with Gasteiger partial charge in [0.25, 0.3) is 35.5 Å². The molecule has 3 amide bonds. The highest BCUT2D eigenvalue weighted by molar-refractivity contribution is 7.91. The van der Waals surface area contributed by atoms with Crippen LogP contribution in [0.25, 0.3) is 0 Å². The van der Waals surface area contributed by atoms with Gasteiger partial charge in [0.15, 0.2) is 53.7 Å². The Hall–Kier alpha value is -7.96. The van der Waals surface area contributed by atoms with E-state index in [4.69, 9.17) is 18.9 Å². The van der Waals surface area contributed by atoms with E-state index in [-0.39, 0.29) is 117 Å². The van der Waals surface area contributed by atoms with Gasteiger partial charge in [-0.3, -0.25) is 24.4 Å². The molecule has 6 heterocycles. The van der Waals surface area contributed by atoms with Crippen molar-refractivity contribution in [3.05, 3.63) is 130 Å².